The van der Waals surface area contributed by atoms with Crippen LogP contribution < -0.4 is 0 Å². The molecule has 0 aromatic carbocycles. The molecule has 2 aliphatic heterocycles. The summed E-state index contributed by atoms with van der Waals surface area (Å²) in [6.07, 6.45) is 4.73. The van der Waals surface area contributed by atoms with Crippen LogP contribution in [0.15, 0.2) is 4.99 Å². The van der Waals surface area contributed by atoms with E-state index in [1.54, 1.807) is 0 Å². The van der Waals surface area contributed by atoms with Crippen LogP contribution in [-0.2, 0) is 0 Å². The molecule has 0 radical (unpaired) electrons. The second kappa shape index (κ2) is 1.47. The summed E-state index contributed by atoms with van der Waals surface area (Å²) < 4.78 is 0. The number of hydrogen-bond acceptors (Lipinski definition) is 2. The van der Waals surface area contributed by atoms with E-state index in [0.29, 0.717) is 0 Å². The van der Waals surface area contributed by atoms with E-state index >= 15 is 0 Å². The minimum absolute atomic E-state index is 0.787. The van der Waals surface area contributed by atoms with Gasteiger partial charge in [0, 0.05) is 12.6 Å². The number of fused-ring (bicyclic) bond motifs is 1. The molecule has 0 amide bonds. The molecule has 2 heteroatoms. The lowest BCUT2D eigenvalue weighted by Crippen LogP contribution is -2.23. The molecule has 1 atom stereocenters. The summed E-state index contributed by atoms with van der Waals surface area (Å²) in [6, 6.07) is 0.787. The van der Waals surface area contributed by atoms with Crippen molar-refractivity contribution < 1.29 is 0 Å². The average molecular weight is 110 g/mol. The van der Waals surface area contributed by atoms with E-state index in [0.717, 1.165) is 12.6 Å². The van der Waals surface area contributed by atoms with Gasteiger partial charge in [-0.1, -0.05) is 0 Å². The summed E-state index contributed by atoms with van der Waals surface area (Å²) in [6.45, 7) is 2.30. The molecule has 44 valence electrons. The minimum Gasteiger partial charge on any atom is -0.358 e. The molecule has 2 heterocycles. The highest BCUT2D eigenvalue weighted by molar-refractivity contribution is 5.58. The Bertz CT molecular complexity index is 120. The Morgan fingerprint density at radius 3 is 3.50 bits per heavy atom. The van der Waals surface area contributed by atoms with Crippen LogP contribution in [-0.4, -0.2) is 30.4 Å². The highest BCUT2D eigenvalue weighted by Gasteiger charge is 2.24. The lowest BCUT2D eigenvalue weighted by Gasteiger charge is -2.11. The van der Waals surface area contributed by atoms with Crippen molar-refractivity contribution in [2.45, 2.75) is 18.9 Å². The van der Waals surface area contributed by atoms with E-state index < -0.39 is 0 Å². The Balaban J connectivity index is 2.13. The van der Waals surface area contributed by atoms with Crippen molar-refractivity contribution in [3.63, 3.8) is 0 Å². The number of aliphatic imine (C=N–C) groups is 1. The molecule has 2 aliphatic rings. The quantitative estimate of drug-likeness (QED) is 0.443. The largest absolute Gasteiger partial charge is 0.358 e. The third-order valence-electron chi connectivity index (χ3n) is 1.97. The van der Waals surface area contributed by atoms with Crippen LogP contribution in [0.4, 0.5) is 0 Å². The van der Waals surface area contributed by atoms with Crippen molar-refractivity contribution in [2.24, 2.45) is 4.99 Å². The normalized spacial score (nSPS) is 34.0. The van der Waals surface area contributed by atoms with E-state index in [1.165, 1.54) is 19.4 Å². The van der Waals surface area contributed by atoms with Crippen LogP contribution in [0.3, 0.4) is 0 Å². The maximum absolute atomic E-state index is 4.17. The molecule has 1 fully saturated rings. The first-order valence-electron chi connectivity index (χ1n) is 3.22. The first-order chi connectivity index (χ1) is 3.97. The summed E-state index contributed by atoms with van der Waals surface area (Å²) in [5, 5.41) is 0. The van der Waals surface area contributed by atoms with Crippen molar-refractivity contribution in [3.05, 3.63) is 0 Å². The smallest absolute Gasteiger partial charge is 0.0853 e. The van der Waals surface area contributed by atoms with Crippen LogP contribution >= 0.6 is 0 Å². The molecule has 0 spiro atoms. The van der Waals surface area contributed by atoms with E-state index in [2.05, 4.69) is 9.89 Å². The van der Waals surface area contributed by atoms with Crippen LogP contribution in [0.2, 0.25) is 0 Å². The lowest BCUT2D eigenvalue weighted by molar-refractivity contribution is 0.439. The van der Waals surface area contributed by atoms with Crippen molar-refractivity contribution in [2.75, 3.05) is 13.1 Å². The second-order valence-electron chi connectivity index (χ2n) is 2.51. The predicted octanol–water partition coefficient (Wildman–Crippen LogP) is 0.493. The summed E-state index contributed by atoms with van der Waals surface area (Å²) in [5.41, 5.74) is 0. The van der Waals surface area contributed by atoms with Gasteiger partial charge in [0.15, 0.2) is 0 Å². The maximum Gasteiger partial charge on any atom is 0.0853 e. The first-order valence-corrected chi connectivity index (χ1v) is 3.22. The molecule has 0 N–H and O–H groups in total. The van der Waals surface area contributed by atoms with Gasteiger partial charge in [0.25, 0.3) is 0 Å². The van der Waals surface area contributed by atoms with E-state index in [-0.39, 0.29) is 0 Å². The molecule has 0 bridgehead atoms. The van der Waals surface area contributed by atoms with Gasteiger partial charge in [-0.05, 0) is 12.8 Å². The molecular formula is C6H10N2. The van der Waals surface area contributed by atoms with Gasteiger partial charge < -0.3 is 4.90 Å². The molecular weight excluding hydrogens is 100 g/mol. The Morgan fingerprint density at radius 1 is 1.62 bits per heavy atom. The molecule has 0 aliphatic carbocycles. The van der Waals surface area contributed by atoms with E-state index in [1.807, 2.05) is 6.34 Å². The SMILES string of the molecule is C1=NCC2CCCN12. The van der Waals surface area contributed by atoms with Crippen molar-refractivity contribution >= 4 is 6.34 Å². The second-order valence-corrected chi connectivity index (χ2v) is 2.51. The van der Waals surface area contributed by atoms with Crippen LogP contribution in [0, 0.1) is 0 Å². The summed E-state index contributed by atoms with van der Waals surface area (Å²) >= 11 is 0. The predicted molar refractivity (Wildman–Crippen MR) is 33.1 cm³/mol. The van der Waals surface area contributed by atoms with Gasteiger partial charge in [-0.3, -0.25) is 4.99 Å². The highest BCUT2D eigenvalue weighted by Crippen LogP contribution is 2.18. The molecule has 2 rings (SSSR count). The van der Waals surface area contributed by atoms with Gasteiger partial charge in [-0.15, -0.1) is 0 Å². The summed E-state index contributed by atoms with van der Waals surface area (Å²) in [7, 11) is 0. The van der Waals surface area contributed by atoms with Gasteiger partial charge >= 0.3 is 0 Å². The lowest BCUT2D eigenvalue weighted by atomic mass is 10.2. The fourth-order valence-corrected chi connectivity index (χ4v) is 1.48. The monoisotopic (exact) mass is 110 g/mol. The van der Waals surface area contributed by atoms with Crippen molar-refractivity contribution in [1.29, 1.82) is 0 Å². The fraction of sp³-hybridized carbons (Fsp3) is 0.833. The zero-order chi connectivity index (χ0) is 5.40. The number of rotatable bonds is 0. The zero-order valence-electron chi connectivity index (χ0n) is 4.88. The molecule has 2 nitrogen and oxygen atoms in total. The highest BCUT2D eigenvalue weighted by atomic mass is 15.2. The Kier molecular flexibility index (Phi) is 0.802. The van der Waals surface area contributed by atoms with Gasteiger partial charge in [-0.25, -0.2) is 0 Å². The zero-order valence-corrected chi connectivity index (χ0v) is 4.88. The molecule has 0 aromatic heterocycles. The number of nitrogens with zero attached hydrogens (tertiary/aromatic N) is 2. The average Bonchev–Trinajstić information content (AvgIpc) is 2.15. The first kappa shape index (κ1) is 4.36. The summed E-state index contributed by atoms with van der Waals surface area (Å²) in [5.74, 6) is 0. The third kappa shape index (κ3) is 0.457. The van der Waals surface area contributed by atoms with E-state index in [4.69, 9.17) is 0 Å². The van der Waals surface area contributed by atoms with Gasteiger partial charge in [0.1, 0.15) is 0 Å². The van der Waals surface area contributed by atoms with E-state index in [9.17, 15) is 0 Å². The summed E-state index contributed by atoms with van der Waals surface area (Å²) in [4.78, 5) is 6.52. The van der Waals surface area contributed by atoms with Crippen LogP contribution in [0.5, 0.6) is 0 Å². The van der Waals surface area contributed by atoms with Gasteiger partial charge in [0.05, 0.1) is 12.9 Å². The van der Waals surface area contributed by atoms with Crippen LogP contribution in [0.25, 0.3) is 0 Å². The fourth-order valence-electron chi connectivity index (χ4n) is 1.48. The van der Waals surface area contributed by atoms with Crippen LogP contribution in [0.1, 0.15) is 12.8 Å². The molecule has 1 saturated heterocycles. The molecule has 0 saturated carbocycles. The standard InChI is InChI=1S/C6H10N2/c1-2-6-4-7-5-8(6)3-1/h5-6H,1-4H2. The minimum atomic E-state index is 0.787. The Labute approximate surface area is 49.2 Å². The van der Waals surface area contributed by atoms with Crippen molar-refractivity contribution in [1.82, 2.24) is 4.90 Å². The Morgan fingerprint density at radius 2 is 2.62 bits per heavy atom. The molecule has 8 heavy (non-hydrogen) atoms. The molecule has 0 aromatic rings. The third-order valence-corrected chi connectivity index (χ3v) is 1.97. The van der Waals surface area contributed by atoms with Crippen molar-refractivity contribution in [3.8, 4) is 0 Å². The number of hydrogen-bond donors (Lipinski definition) is 0. The maximum atomic E-state index is 4.17. The topological polar surface area (TPSA) is 15.6 Å². The Hall–Kier alpha value is -0.530. The van der Waals surface area contributed by atoms with Gasteiger partial charge in [0.2, 0.25) is 0 Å². The van der Waals surface area contributed by atoms with Gasteiger partial charge in [-0.2, -0.15) is 0 Å². The molecule has 1 unspecified atom stereocenters.